The maximum absolute atomic E-state index is 11.2. The Kier molecular flexibility index (Phi) is 6.01. The number of nitrogens with one attached hydrogen (secondary N) is 1. The first kappa shape index (κ1) is 16.2. The third-order valence-electron chi connectivity index (χ3n) is 3.11. The molecule has 108 valence electrons. The van der Waals surface area contributed by atoms with E-state index in [2.05, 4.69) is 43.4 Å². The van der Waals surface area contributed by atoms with E-state index in [1.165, 1.54) is 17.4 Å². The molecule has 19 heavy (non-hydrogen) atoms. The van der Waals surface area contributed by atoms with Crippen LogP contribution >= 0.6 is 0 Å². The van der Waals surface area contributed by atoms with Gasteiger partial charge in [-0.25, -0.2) is 8.42 Å². The van der Waals surface area contributed by atoms with Crippen molar-refractivity contribution in [2.24, 2.45) is 0 Å². The summed E-state index contributed by atoms with van der Waals surface area (Å²) in [4.78, 5) is 0. The Morgan fingerprint density at radius 1 is 1.16 bits per heavy atom. The molecule has 0 radical (unpaired) electrons. The fourth-order valence-corrected chi connectivity index (χ4v) is 3.29. The minimum atomic E-state index is -2.93. The monoisotopic (exact) mass is 283 g/mol. The van der Waals surface area contributed by atoms with Gasteiger partial charge in [0.2, 0.25) is 0 Å². The van der Waals surface area contributed by atoms with Crippen LogP contribution in [0, 0.1) is 0 Å². The summed E-state index contributed by atoms with van der Waals surface area (Å²) in [5.74, 6) is 0.172. The highest BCUT2D eigenvalue weighted by Gasteiger charge is 2.13. The van der Waals surface area contributed by atoms with Crippen LogP contribution in [0.4, 0.5) is 0 Å². The Morgan fingerprint density at radius 3 is 2.21 bits per heavy atom. The van der Waals surface area contributed by atoms with Gasteiger partial charge >= 0.3 is 0 Å². The molecule has 2 atom stereocenters. The van der Waals surface area contributed by atoms with Gasteiger partial charge in [-0.1, -0.05) is 37.6 Å². The average molecular weight is 283 g/mol. The van der Waals surface area contributed by atoms with Crippen LogP contribution < -0.4 is 5.32 Å². The number of benzene rings is 1. The summed E-state index contributed by atoms with van der Waals surface area (Å²) in [7, 11) is -2.93. The molecular formula is C15H25NO2S. The predicted octanol–water partition coefficient (Wildman–Crippen LogP) is 2.72. The lowest BCUT2D eigenvalue weighted by Gasteiger charge is -2.20. The van der Waals surface area contributed by atoms with E-state index in [4.69, 9.17) is 0 Å². The van der Waals surface area contributed by atoms with Crippen molar-refractivity contribution in [1.29, 1.82) is 0 Å². The summed E-state index contributed by atoms with van der Waals surface area (Å²) in [6.45, 7) is 6.14. The minimum absolute atomic E-state index is 0.0414. The van der Waals surface area contributed by atoms with Crippen molar-refractivity contribution in [1.82, 2.24) is 5.32 Å². The van der Waals surface area contributed by atoms with Crippen LogP contribution in [0.3, 0.4) is 0 Å². The molecule has 0 spiro atoms. The van der Waals surface area contributed by atoms with Gasteiger partial charge in [0, 0.05) is 18.3 Å². The highest BCUT2D eigenvalue weighted by Crippen LogP contribution is 2.15. The second kappa shape index (κ2) is 7.06. The van der Waals surface area contributed by atoms with Gasteiger partial charge in [-0.2, -0.15) is 0 Å². The Hall–Kier alpha value is -0.870. The van der Waals surface area contributed by atoms with Crippen LogP contribution in [0.15, 0.2) is 24.3 Å². The van der Waals surface area contributed by atoms with Crippen LogP contribution in [0.2, 0.25) is 0 Å². The first-order valence-electron chi connectivity index (χ1n) is 6.84. The molecule has 0 amide bonds. The molecule has 2 unspecified atom stereocenters. The number of rotatable bonds is 7. The maximum atomic E-state index is 11.2. The van der Waals surface area contributed by atoms with Gasteiger partial charge in [0.1, 0.15) is 9.84 Å². The standard InChI is InChI=1S/C15H25NO2S/c1-5-6-14-7-9-15(10-8-14)13(3)16-12(2)11-19(4,17)18/h7-10,12-13,16H,5-6,11H2,1-4H3. The lowest BCUT2D eigenvalue weighted by Crippen LogP contribution is -2.34. The van der Waals surface area contributed by atoms with Gasteiger partial charge in [-0.05, 0) is 31.4 Å². The molecule has 1 N–H and O–H groups in total. The van der Waals surface area contributed by atoms with E-state index < -0.39 is 9.84 Å². The number of aryl methyl sites for hydroxylation is 1. The molecule has 0 fully saturated rings. The van der Waals surface area contributed by atoms with Gasteiger partial charge < -0.3 is 5.32 Å². The van der Waals surface area contributed by atoms with Crippen molar-refractivity contribution >= 4 is 9.84 Å². The lowest BCUT2D eigenvalue weighted by molar-refractivity contribution is 0.500. The number of hydrogen-bond acceptors (Lipinski definition) is 3. The molecule has 0 aliphatic heterocycles. The smallest absolute Gasteiger partial charge is 0.148 e. The van der Waals surface area contributed by atoms with Gasteiger partial charge in [0.15, 0.2) is 0 Å². The second-order valence-electron chi connectivity index (χ2n) is 5.37. The van der Waals surface area contributed by atoms with Crippen LogP contribution in [-0.2, 0) is 16.3 Å². The van der Waals surface area contributed by atoms with Crippen molar-refractivity contribution < 1.29 is 8.42 Å². The van der Waals surface area contributed by atoms with E-state index in [0.717, 1.165) is 12.8 Å². The zero-order valence-corrected chi connectivity index (χ0v) is 13.1. The topological polar surface area (TPSA) is 46.2 Å². The molecule has 0 bridgehead atoms. The van der Waals surface area contributed by atoms with Crippen molar-refractivity contribution in [2.75, 3.05) is 12.0 Å². The van der Waals surface area contributed by atoms with E-state index in [1.54, 1.807) is 0 Å². The van der Waals surface area contributed by atoms with Crippen molar-refractivity contribution in [2.45, 2.75) is 45.7 Å². The quantitative estimate of drug-likeness (QED) is 0.837. The van der Waals surface area contributed by atoms with Crippen LogP contribution in [0.5, 0.6) is 0 Å². The highest BCUT2D eigenvalue weighted by molar-refractivity contribution is 7.90. The number of hydrogen-bond donors (Lipinski definition) is 1. The molecule has 1 aromatic carbocycles. The molecule has 0 saturated carbocycles. The highest BCUT2D eigenvalue weighted by atomic mass is 32.2. The minimum Gasteiger partial charge on any atom is -0.307 e. The van der Waals surface area contributed by atoms with E-state index in [1.807, 2.05) is 6.92 Å². The average Bonchev–Trinajstić information content (AvgIpc) is 2.27. The largest absolute Gasteiger partial charge is 0.307 e. The van der Waals surface area contributed by atoms with Crippen molar-refractivity contribution in [3.8, 4) is 0 Å². The summed E-state index contributed by atoms with van der Waals surface area (Å²) in [5.41, 5.74) is 2.54. The SMILES string of the molecule is CCCc1ccc(C(C)NC(C)CS(C)(=O)=O)cc1. The molecule has 0 aliphatic rings. The normalized spacial score (nSPS) is 15.2. The van der Waals surface area contributed by atoms with E-state index >= 15 is 0 Å². The summed E-state index contributed by atoms with van der Waals surface area (Å²) >= 11 is 0. The molecule has 0 aromatic heterocycles. The van der Waals surface area contributed by atoms with E-state index in [-0.39, 0.29) is 17.8 Å². The molecule has 0 aliphatic carbocycles. The molecule has 1 aromatic rings. The summed E-state index contributed by atoms with van der Waals surface area (Å²) in [5, 5.41) is 3.32. The first-order valence-corrected chi connectivity index (χ1v) is 8.90. The molecule has 4 heteroatoms. The van der Waals surface area contributed by atoms with Gasteiger partial charge in [-0.15, -0.1) is 0 Å². The molecule has 3 nitrogen and oxygen atoms in total. The molecule has 0 saturated heterocycles. The lowest BCUT2D eigenvalue weighted by atomic mass is 10.0. The van der Waals surface area contributed by atoms with E-state index in [0.29, 0.717) is 0 Å². The first-order chi connectivity index (χ1) is 8.81. The van der Waals surface area contributed by atoms with Crippen LogP contribution in [0.1, 0.15) is 44.4 Å². The van der Waals surface area contributed by atoms with Gasteiger partial charge in [0.25, 0.3) is 0 Å². The van der Waals surface area contributed by atoms with Crippen molar-refractivity contribution in [3.05, 3.63) is 35.4 Å². The second-order valence-corrected chi connectivity index (χ2v) is 7.56. The number of sulfone groups is 1. The molecule has 0 heterocycles. The summed E-state index contributed by atoms with van der Waals surface area (Å²) < 4.78 is 22.5. The Balaban J connectivity index is 2.60. The molecular weight excluding hydrogens is 258 g/mol. The van der Waals surface area contributed by atoms with Crippen LogP contribution in [0.25, 0.3) is 0 Å². The van der Waals surface area contributed by atoms with Gasteiger partial charge in [-0.3, -0.25) is 0 Å². The van der Waals surface area contributed by atoms with Crippen molar-refractivity contribution in [3.63, 3.8) is 0 Å². The van der Waals surface area contributed by atoms with E-state index in [9.17, 15) is 8.42 Å². The zero-order valence-electron chi connectivity index (χ0n) is 12.3. The summed E-state index contributed by atoms with van der Waals surface area (Å²) in [6, 6.07) is 8.66. The Bertz CT molecular complexity index is 479. The van der Waals surface area contributed by atoms with Gasteiger partial charge in [0.05, 0.1) is 5.75 Å². The van der Waals surface area contributed by atoms with Crippen LogP contribution in [-0.4, -0.2) is 26.5 Å². The Morgan fingerprint density at radius 2 is 1.74 bits per heavy atom. The fraction of sp³-hybridized carbons (Fsp3) is 0.600. The molecule has 1 rings (SSSR count). The Labute approximate surface area is 117 Å². The fourth-order valence-electron chi connectivity index (χ4n) is 2.29. The zero-order chi connectivity index (χ0) is 14.5. The summed E-state index contributed by atoms with van der Waals surface area (Å²) in [6.07, 6.45) is 3.53. The third kappa shape index (κ3) is 6.21. The predicted molar refractivity (Wildman–Crippen MR) is 81.2 cm³/mol. The maximum Gasteiger partial charge on any atom is 0.148 e. The third-order valence-corrected chi connectivity index (χ3v) is 4.21.